The van der Waals surface area contributed by atoms with E-state index >= 15 is 0 Å². The van der Waals surface area contributed by atoms with E-state index in [-0.39, 0.29) is 24.8 Å². The van der Waals surface area contributed by atoms with E-state index < -0.39 is 0 Å². The van der Waals surface area contributed by atoms with Crippen molar-refractivity contribution < 1.29 is 0 Å². The van der Waals surface area contributed by atoms with Gasteiger partial charge in [-0.1, -0.05) is 17.4 Å². The van der Waals surface area contributed by atoms with Crippen molar-refractivity contribution in [2.24, 2.45) is 0 Å². The maximum absolute atomic E-state index is 4.56. The van der Waals surface area contributed by atoms with Gasteiger partial charge < -0.3 is 5.32 Å². The molecule has 0 aliphatic heterocycles. The first-order valence-corrected chi connectivity index (χ1v) is 8.05. The second-order valence-electron chi connectivity index (χ2n) is 4.59. The highest BCUT2D eigenvalue weighted by Crippen LogP contribution is 2.42. The van der Waals surface area contributed by atoms with E-state index in [0.29, 0.717) is 5.92 Å². The van der Waals surface area contributed by atoms with Crippen LogP contribution in [-0.4, -0.2) is 20.2 Å². The number of hydrogen-bond acceptors (Lipinski definition) is 7. The Balaban J connectivity index is 0.000000882. The van der Waals surface area contributed by atoms with Gasteiger partial charge in [0.1, 0.15) is 21.5 Å². The number of pyridine rings is 1. The van der Waals surface area contributed by atoms with E-state index in [4.69, 9.17) is 0 Å². The lowest BCUT2D eigenvalue weighted by atomic mass is 10.3. The summed E-state index contributed by atoms with van der Waals surface area (Å²) in [5.41, 5.74) is 0.872. The molecule has 0 aromatic carbocycles. The summed E-state index contributed by atoms with van der Waals surface area (Å²) in [6.07, 6.45) is 4.27. The zero-order valence-corrected chi connectivity index (χ0v) is 14.6. The summed E-state index contributed by atoms with van der Waals surface area (Å²) in [5.74, 6) is 1.41. The van der Waals surface area contributed by atoms with Crippen LogP contribution in [0.2, 0.25) is 0 Å². The number of hydrogen-bond donors (Lipinski definition) is 1. The molecule has 116 valence electrons. The Kier molecular flexibility index (Phi) is 5.69. The SMILES string of the molecule is Cl.Cl.c1cc(Nc2nnc(C3CC3)s2)nc(-c2nccs2)c1. The second kappa shape index (κ2) is 7.32. The normalized spacial score (nSPS) is 13.1. The van der Waals surface area contributed by atoms with Crippen LogP contribution in [0.1, 0.15) is 23.8 Å². The molecule has 3 heterocycles. The van der Waals surface area contributed by atoms with Crippen molar-refractivity contribution in [3.05, 3.63) is 34.8 Å². The van der Waals surface area contributed by atoms with Gasteiger partial charge in [-0.25, -0.2) is 9.97 Å². The topological polar surface area (TPSA) is 63.6 Å². The monoisotopic (exact) mass is 373 g/mol. The molecule has 0 amide bonds. The molecule has 3 aromatic rings. The number of rotatable bonds is 4. The Morgan fingerprint density at radius 3 is 2.73 bits per heavy atom. The van der Waals surface area contributed by atoms with Gasteiger partial charge in [0.15, 0.2) is 0 Å². The first-order chi connectivity index (χ1) is 9.88. The van der Waals surface area contributed by atoms with Gasteiger partial charge in [-0.3, -0.25) is 0 Å². The van der Waals surface area contributed by atoms with Gasteiger partial charge in [0.05, 0.1) is 0 Å². The van der Waals surface area contributed by atoms with E-state index in [1.165, 1.54) is 12.8 Å². The van der Waals surface area contributed by atoms with Gasteiger partial charge in [0.25, 0.3) is 0 Å². The highest BCUT2D eigenvalue weighted by atomic mass is 35.5. The van der Waals surface area contributed by atoms with Crippen LogP contribution in [0.3, 0.4) is 0 Å². The molecule has 1 N–H and O–H groups in total. The van der Waals surface area contributed by atoms with E-state index in [9.17, 15) is 0 Å². The third-order valence-corrected chi connectivity index (χ3v) is 4.80. The standard InChI is InChI=1S/C13H11N5S2.2ClH/c1-2-9(12-14-6-7-19-12)15-10(3-1)16-13-18-17-11(20-13)8-4-5-8;;/h1-3,6-8H,4-5H2,(H,15,16,18);2*1H. The maximum Gasteiger partial charge on any atom is 0.211 e. The molecule has 0 saturated heterocycles. The van der Waals surface area contributed by atoms with Gasteiger partial charge >= 0.3 is 0 Å². The molecule has 3 aromatic heterocycles. The van der Waals surface area contributed by atoms with E-state index in [1.54, 1.807) is 28.9 Å². The fourth-order valence-corrected chi connectivity index (χ4v) is 3.39. The van der Waals surface area contributed by atoms with Crippen molar-refractivity contribution in [1.82, 2.24) is 20.2 Å². The van der Waals surface area contributed by atoms with E-state index in [1.807, 2.05) is 23.6 Å². The minimum atomic E-state index is 0. The van der Waals surface area contributed by atoms with Crippen LogP contribution < -0.4 is 5.32 Å². The molecule has 5 nitrogen and oxygen atoms in total. The van der Waals surface area contributed by atoms with Crippen molar-refractivity contribution in [3.8, 4) is 10.7 Å². The number of thiazole rings is 1. The van der Waals surface area contributed by atoms with Crippen LogP contribution >= 0.6 is 47.5 Å². The van der Waals surface area contributed by atoms with E-state index in [2.05, 4.69) is 25.5 Å². The Morgan fingerprint density at radius 2 is 2.00 bits per heavy atom. The van der Waals surface area contributed by atoms with Gasteiger partial charge in [0.2, 0.25) is 5.13 Å². The predicted octanol–water partition coefficient (Wildman–Crippen LogP) is 4.52. The minimum Gasteiger partial charge on any atom is -0.315 e. The number of anilines is 2. The van der Waals surface area contributed by atoms with Crippen molar-refractivity contribution in [1.29, 1.82) is 0 Å². The van der Waals surface area contributed by atoms with Crippen LogP contribution in [0.4, 0.5) is 10.9 Å². The van der Waals surface area contributed by atoms with Crippen LogP contribution in [0.5, 0.6) is 0 Å². The first-order valence-electron chi connectivity index (χ1n) is 6.36. The maximum atomic E-state index is 4.56. The Labute approximate surface area is 148 Å². The van der Waals surface area contributed by atoms with Crippen molar-refractivity contribution in [3.63, 3.8) is 0 Å². The van der Waals surface area contributed by atoms with Crippen LogP contribution in [-0.2, 0) is 0 Å². The molecule has 0 radical (unpaired) electrons. The summed E-state index contributed by atoms with van der Waals surface area (Å²) in [4.78, 5) is 8.83. The molecule has 0 bridgehead atoms. The molecular weight excluding hydrogens is 361 g/mol. The predicted molar refractivity (Wildman–Crippen MR) is 95.0 cm³/mol. The number of nitrogens with zero attached hydrogens (tertiary/aromatic N) is 4. The average molecular weight is 374 g/mol. The molecule has 0 spiro atoms. The average Bonchev–Trinajstić information content (AvgIpc) is 3.00. The molecule has 1 saturated carbocycles. The fraction of sp³-hybridized carbons (Fsp3) is 0.231. The van der Waals surface area contributed by atoms with E-state index in [0.717, 1.165) is 26.7 Å². The molecule has 0 unspecified atom stereocenters. The third-order valence-electron chi connectivity index (χ3n) is 3.00. The smallest absolute Gasteiger partial charge is 0.211 e. The molecule has 1 fully saturated rings. The molecule has 0 atom stereocenters. The fourth-order valence-electron chi connectivity index (χ4n) is 1.86. The Bertz CT molecular complexity index is 728. The first kappa shape index (κ1) is 17.1. The third kappa shape index (κ3) is 3.73. The summed E-state index contributed by atoms with van der Waals surface area (Å²) in [6, 6.07) is 5.85. The summed E-state index contributed by atoms with van der Waals surface area (Å²) in [6.45, 7) is 0. The lowest BCUT2D eigenvalue weighted by Gasteiger charge is -2.02. The lowest BCUT2D eigenvalue weighted by molar-refractivity contribution is 0.977. The van der Waals surface area contributed by atoms with Crippen molar-refractivity contribution >= 4 is 58.4 Å². The zero-order chi connectivity index (χ0) is 13.4. The summed E-state index contributed by atoms with van der Waals surface area (Å²) in [5, 5.41) is 16.4. The quantitative estimate of drug-likeness (QED) is 0.727. The second-order valence-corrected chi connectivity index (χ2v) is 6.49. The summed E-state index contributed by atoms with van der Waals surface area (Å²) >= 11 is 3.20. The van der Waals surface area contributed by atoms with Gasteiger partial charge in [-0.05, 0) is 25.0 Å². The summed E-state index contributed by atoms with van der Waals surface area (Å²) in [7, 11) is 0. The largest absolute Gasteiger partial charge is 0.315 e. The van der Waals surface area contributed by atoms with Crippen molar-refractivity contribution in [2.45, 2.75) is 18.8 Å². The highest BCUT2D eigenvalue weighted by Gasteiger charge is 2.27. The summed E-state index contributed by atoms with van der Waals surface area (Å²) < 4.78 is 0. The number of aromatic nitrogens is 4. The zero-order valence-electron chi connectivity index (χ0n) is 11.3. The molecule has 9 heteroatoms. The molecule has 4 rings (SSSR count). The Morgan fingerprint density at radius 1 is 1.14 bits per heavy atom. The van der Waals surface area contributed by atoms with Gasteiger partial charge in [-0.15, -0.1) is 46.3 Å². The minimum absolute atomic E-state index is 0. The molecule has 1 aliphatic rings. The molecule has 22 heavy (non-hydrogen) atoms. The molecule has 1 aliphatic carbocycles. The lowest BCUT2D eigenvalue weighted by Crippen LogP contribution is -1.94. The van der Waals surface area contributed by atoms with Crippen molar-refractivity contribution in [2.75, 3.05) is 5.32 Å². The van der Waals surface area contributed by atoms with Gasteiger partial charge in [-0.2, -0.15) is 0 Å². The van der Waals surface area contributed by atoms with Gasteiger partial charge in [0, 0.05) is 17.5 Å². The van der Waals surface area contributed by atoms with Crippen LogP contribution in [0.15, 0.2) is 29.8 Å². The van der Waals surface area contributed by atoms with Crippen LogP contribution in [0.25, 0.3) is 10.7 Å². The number of nitrogens with one attached hydrogen (secondary N) is 1. The van der Waals surface area contributed by atoms with Crippen LogP contribution in [0, 0.1) is 0 Å². The molecular formula is C13H13Cl2N5S2. The highest BCUT2D eigenvalue weighted by molar-refractivity contribution is 7.15. The number of halogens is 2. The Hall–Kier alpha value is -1.28.